The Morgan fingerprint density at radius 1 is 1.14 bits per heavy atom. The van der Waals surface area contributed by atoms with Gasteiger partial charge in [0.05, 0.1) is 23.2 Å². The van der Waals surface area contributed by atoms with E-state index in [1.807, 2.05) is 0 Å². The van der Waals surface area contributed by atoms with Gasteiger partial charge in [-0.05, 0) is 35.9 Å². The highest BCUT2D eigenvalue weighted by Crippen LogP contribution is 2.15. The normalized spacial score (nSPS) is 10.8. The summed E-state index contributed by atoms with van der Waals surface area (Å²) in [6, 6.07) is 16.0. The van der Waals surface area contributed by atoms with Gasteiger partial charge in [-0.1, -0.05) is 35.9 Å². The van der Waals surface area contributed by atoms with Gasteiger partial charge in [-0.15, -0.1) is 0 Å². The Kier molecular flexibility index (Phi) is 6.16. The second kappa shape index (κ2) is 8.94. The van der Waals surface area contributed by atoms with Crippen LogP contribution in [-0.4, -0.2) is 21.6 Å². The number of para-hydroxylation sites is 1. The minimum absolute atomic E-state index is 0.0961. The van der Waals surface area contributed by atoms with Gasteiger partial charge in [-0.2, -0.15) is 5.10 Å². The van der Waals surface area contributed by atoms with Crippen molar-refractivity contribution in [1.82, 2.24) is 9.99 Å². The lowest BCUT2D eigenvalue weighted by atomic mass is 10.2. The van der Waals surface area contributed by atoms with E-state index in [2.05, 4.69) is 10.5 Å². The molecule has 0 aliphatic rings. The maximum atomic E-state index is 12.6. The first-order chi connectivity index (χ1) is 14.0. The molecule has 0 radical (unpaired) electrons. The molecule has 0 fully saturated rings. The van der Waals surface area contributed by atoms with Crippen molar-refractivity contribution in [2.75, 3.05) is 0 Å². The average molecular weight is 411 g/mol. The van der Waals surface area contributed by atoms with Crippen LogP contribution in [0.2, 0.25) is 5.02 Å². The number of carbonyl (C=O) groups is 1. The molecule has 29 heavy (non-hydrogen) atoms. The third kappa shape index (κ3) is 4.94. The number of pyridine rings is 1. The van der Waals surface area contributed by atoms with Gasteiger partial charge < -0.3 is 4.57 Å². The first kappa shape index (κ1) is 20.0. The molecule has 0 saturated carbocycles. The highest BCUT2D eigenvalue weighted by atomic mass is 35.5. The molecule has 0 bridgehead atoms. The second-order valence-corrected chi connectivity index (χ2v) is 6.43. The Morgan fingerprint density at radius 3 is 2.59 bits per heavy atom. The van der Waals surface area contributed by atoms with Crippen LogP contribution in [0, 0.1) is 10.1 Å². The number of hydrazone groups is 1. The molecule has 0 spiro atoms. The number of benzene rings is 2. The number of hydrogen-bond acceptors (Lipinski definition) is 5. The molecule has 3 rings (SSSR count). The molecule has 1 aromatic heterocycles. The number of nitrogens with one attached hydrogen (secondary N) is 1. The summed E-state index contributed by atoms with van der Waals surface area (Å²) < 4.78 is 1.39. The van der Waals surface area contributed by atoms with Gasteiger partial charge in [0.1, 0.15) is 5.56 Å². The molecule has 1 heterocycles. The topological polar surface area (TPSA) is 107 Å². The third-order valence-electron chi connectivity index (χ3n) is 4.03. The van der Waals surface area contributed by atoms with Crippen LogP contribution in [0.15, 0.2) is 76.8 Å². The molecule has 3 aromatic rings. The molecule has 146 valence electrons. The zero-order valence-corrected chi connectivity index (χ0v) is 15.7. The van der Waals surface area contributed by atoms with Crippen molar-refractivity contribution in [2.24, 2.45) is 5.10 Å². The number of carbonyl (C=O) groups excluding carboxylic acids is 1. The van der Waals surface area contributed by atoms with E-state index in [0.717, 1.165) is 11.8 Å². The maximum absolute atomic E-state index is 12.6. The molecule has 1 amide bonds. The number of amides is 1. The van der Waals surface area contributed by atoms with Crippen LogP contribution in [0.3, 0.4) is 0 Å². The summed E-state index contributed by atoms with van der Waals surface area (Å²) >= 11 is 5.86. The lowest BCUT2D eigenvalue weighted by molar-refractivity contribution is -0.385. The third-order valence-corrected chi connectivity index (χ3v) is 4.29. The Hall–Kier alpha value is -3.78. The predicted molar refractivity (Wildman–Crippen MR) is 109 cm³/mol. The van der Waals surface area contributed by atoms with Crippen molar-refractivity contribution in [3.63, 3.8) is 0 Å². The molecule has 0 aliphatic carbocycles. The second-order valence-electron chi connectivity index (χ2n) is 6.00. The Labute approximate surface area is 170 Å². The van der Waals surface area contributed by atoms with E-state index in [4.69, 9.17) is 11.6 Å². The van der Waals surface area contributed by atoms with E-state index < -0.39 is 16.4 Å². The number of nitro groups is 1. The van der Waals surface area contributed by atoms with Gasteiger partial charge in [-0.3, -0.25) is 19.7 Å². The number of nitro benzene ring substituents is 1. The fourth-order valence-corrected chi connectivity index (χ4v) is 2.73. The summed E-state index contributed by atoms with van der Waals surface area (Å²) in [5.74, 6) is -0.713. The van der Waals surface area contributed by atoms with Crippen molar-refractivity contribution >= 4 is 29.4 Å². The van der Waals surface area contributed by atoms with E-state index >= 15 is 0 Å². The number of nitrogens with zero attached hydrogens (tertiary/aromatic N) is 3. The number of halogens is 1. The van der Waals surface area contributed by atoms with E-state index in [1.165, 1.54) is 28.8 Å². The van der Waals surface area contributed by atoms with Crippen LogP contribution in [0.1, 0.15) is 21.5 Å². The Morgan fingerprint density at radius 2 is 1.86 bits per heavy atom. The van der Waals surface area contributed by atoms with Crippen LogP contribution in [0.4, 0.5) is 5.69 Å². The summed E-state index contributed by atoms with van der Waals surface area (Å²) in [6.07, 6.45) is 2.73. The minimum atomic E-state index is -0.713. The fraction of sp³-hybridized carbons (Fsp3) is 0.0500. The van der Waals surface area contributed by atoms with E-state index in [1.54, 1.807) is 42.6 Å². The van der Waals surface area contributed by atoms with E-state index in [9.17, 15) is 19.7 Å². The maximum Gasteiger partial charge on any atom is 0.278 e. The molecule has 9 heteroatoms. The van der Waals surface area contributed by atoms with Crippen molar-refractivity contribution in [2.45, 2.75) is 6.54 Å². The van der Waals surface area contributed by atoms with Gasteiger partial charge in [0, 0.05) is 17.3 Å². The SMILES string of the molecule is O=C(N/N=C\c1ccccc1[N+](=O)[O-])c1cccn(Cc2ccc(Cl)cc2)c1=O. The number of rotatable bonds is 6. The zero-order valence-electron chi connectivity index (χ0n) is 15.0. The highest BCUT2D eigenvalue weighted by molar-refractivity contribution is 6.30. The van der Waals surface area contributed by atoms with Gasteiger partial charge in [-0.25, -0.2) is 5.43 Å². The molecule has 0 atom stereocenters. The molecule has 2 aromatic carbocycles. The van der Waals surface area contributed by atoms with E-state index in [-0.39, 0.29) is 23.4 Å². The van der Waals surface area contributed by atoms with Crippen LogP contribution in [0.25, 0.3) is 0 Å². The smallest absolute Gasteiger partial charge is 0.278 e. The zero-order chi connectivity index (χ0) is 20.8. The largest absolute Gasteiger partial charge is 0.310 e. The van der Waals surface area contributed by atoms with Crippen molar-refractivity contribution in [3.05, 3.63) is 109 Å². The van der Waals surface area contributed by atoms with Gasteiger partial charge in [0.2, 0.25) is 0 Å². The van der Waals surface area contributed by atoms with Gasteiger partial charge in [0.25, 0.3) is 17.2 Å². The van der Waals surface area contributed by atoms with Crippen LogP contribution < -0.4 is 11.0 Å². The molecular formula is C20H15ClN4O4. The summed E-state index contributed by atoms with van der Waals surface area (Å²) in [4.78, 5) is 35.4. The average Bonchev–Trinajstić information content (AvgIpc) is 2.71. The summed E-state index contributed by atoms with van der Waals surface area (Å²) in [5.41, 5.74) is 2.58. The molecule has 1 N–H and O–H groups in total. The molecular weight excluding hydrogens is 396 g/mol. The molecule has 0 aliphatic heterocycles. The van der Waals surface area contributed by atoms with Crippen molar-refractivity contribution in [3.8, 4) is 0 Å². The molecule has 0 saturated heterocycles. The Bertz CT molecular complexity index is 1140. The molecule has 0 unspecified atom stereocenters. The highest BCUT2D eigenvalue weighted by Gasteiger charge is 2.13. The number of hydrogen-bond donors (Lipinski definition) is 1. The van der Waals surface area contributed by atoms with Crippen molar-refractivity contribution < 1.29 is 9.72 Å². The Balaban J connectivity index is 1.75. The van der Waals surface area contributed by atoms with E-state index in [0.29, 0.717) is 5.02 Å². The van der Waals surface area contributed by atoms with Crippen LogP contribution in [-0.2, 0) is 6.54 Å². The first-order valence-electron chi connectivity index (χ1n) is 8.46. The van der Waals surface area contributed by atoms with Crippen LogP contribution >= 0.6 is 11.6 Å². The number of aromatic nitrogens is 1. The summed E-state index contributed by atoms with van der Waals surface area (Å²) in [7, 11) is 0. The minimum Gasteiger partial charge on any atom is -0.310 e. The predicted octanol–water partition coefficient (Wildman–Crippen LogP) is 3.22. The lowest BCUT2D eigenvalue weighted by Gasteiger charge is -2.08. The summed E-state index contributed by atoms with van der Waals surface area (Å²) in [6.45, 7) is 0.274. The standard InChI is InChI=1S/C20H15ClN4O4/c21-16-9-7-14(8-10-16)13-24-11-3-5-17(20(24)27)19(26)23-22-12-15-4-1-2-6-18(15)25(28)29/h1-12H,13H2,(H,23,26)/b22-12-. The van der Waals surface area contributed by atoms with Crippen molar-refractivity contribution in [1.29, 1.82) is 0 Å². The van der Waals surface area contributed by atoms with Gasteiger partial charge in [0.15, 0.2) is 0 Å². The summed E-state index contributed by atoms with van der Waals surface area (Å²) in [5, 5.41) is 15.3. The quantitative estimate of drug-likeness (QED) is 0.382. The molecule has 8 nitrogen and oxygen atoms in total. The van der Waals surface area contributed by atoms with Crippen LogP contribution in [0.5, 0.6) is 0 Å². The first-order valence-corrected chi connectivity index (χ1v) is 8.84. The van der Waals surface area contributed by atoms with Gasteiger partial charge >= 0.3 is 0 Å². The monoisotopic (exact) mass is 410 g/mol. The lowest BCUT2D eigenvalue weighted by Crippen LogP contribution is -2.30. The fourth-order valence-electron chi connectivity index (χ4n) is 2.60.